The van der Waals surface area contributed by atoms with Gasteiger partial charge in [0.05, 0.1) is 5.52 Å². The minimum Gasteiger partial charge on any atom is -0.444 e. The van der Waals surface area contributed by atoms with Crippen LogP contribution < -0.4 is 4.90 Å². The number of carbonyl (C=O) groups is 1. The highest BCUT2D eigenvalue weighted by atomic mass is 19.1. The number of pyridine rings is 1. The van der Waals surface area contributed by atoms with E-state index in [9.17, 15) is 9.18 Å². The van der Waals surface area contributed by atoms with Crippen molar-refractivity contribution >= 4 is 22.7 Å². The van der Waals surface area contributed by atoms with Crippen LogP contribution >= 0.6 is 0 Å². The number of ether oxygens (including phenoxy) is 1. The van der Waals surface area contributed by atoms with E-state index >= 15 is 0 Å². The normalized spacial score (nSPS) is 15.7. The van der Waals surface area contributed by atoms with Gasteiger partial charge in [0.2, 0.25) is 0 Å². The third kappa shape index (κ3) is 3.58. The number of piperazine rings is 1. The van der Waals surface area contributed by atoms with Crippen molar-refractivity contribution in [3.63, 3.8) is 0 Å². The maximum Gasteiger partial charge on any atom is 0.410 e. The lowest BCUT2D eigenvalue weighted by Crippen LogP contribution is -2.50. The Morgan fingerprint density at radius 3 is 2.54 bits per heavy atom. The van der Waals surface area contributed by atoms with Gasteiger partial charge in [0.25, 0.3) is 0 Å². The Morgan fingerprint density at radius 1 is 1.17 bits per heavy atom. The minimum atomic E-state index is -0.493. The second-order valence-corrected chi connectivity index (χ2v) is 6.95. The van der Waals surface area contributed by atoms with Gasteiger partial charge in [-0.2, -0.15) is 0 Å². The van der Waals surface area contributed by atoms with E-state index in [0.717, 1.165) is 16.6 Å². The maximum absolute atomic E-state index is 13.6. The summed E-state index contributed by atoms with van der Waals surface area (Å²) in [5.41, 5.74) is 1.22. The van der Waals surface area contributed by atoms with Crippen LogP contribution in [0.25, 0.3) is 10.9 Å². The molecule has 1 aromatic heterocycles. The minimum absolute atomic E-state index is 0.274. The fourth-order valence-electron chi connectivity index (χ4n) is 2.84. The first-order valence-corrected chi connectivity index (χ1v) is 8.11. The molecule has 2 aromatic rings. The number of benzene rings is 1. The first-order valence-electron chi connectivity index (χ1n) is 8.11. The molecule has 2 heterocycles. The van der Waals surface area contributed by atoms with E-state index in [1.54, 1.807) is 17.2 Å². The third-order valence-electron chi connectivity index (χ3n) is 3.95. The number of halogens is 1. The molecule has 1 aliphatic heterocycles. The second kappa shape index (κ2) is 6.26. The molecule has 3 rings (SSSR count). The summed E-state index contributed by atoms with van der Waals surface area (Å²) >= 11 is 0. The molecule has 1 amide bonds. The molecule has 0 radical (unpaired) electrons. The molecule has 0 unspecified atom stereocenters. The Hall–Kier alpha value is -2.37. The molecule has 5 nitrogen and oxygen atoms in total. The van der Waals surface area contributed by atoms with Gasteiger partial charge in [-0.3, -0.25) is 4.98 Å². The Bertz CT molecular complexity index is 750. The van der Waals surface area contributed by atoms with Crippen LogP contribution in [0.1, 0.15) is 20.8 Å². The van der Waals surface area contributed by atoms with Crippen LogP contribution in [0.3, 0.4) is 0 Å². The Morgan fingerprint density at radius 2 is 1.88 bits per heavy atom. The van der Waals surface area contributed by atoms with Crippen molar-refractivity contribution < 1.29 is 13.9 Å². The first kappa shape index (κ1) is 16.5. The van der Waals surface area contributed by atoms with Gasteiger partial charge in [0.1, 0.15) is 11.4 Å². The molecule has 0 N–H and O–H groups in total. The van der Waals surface area contributed by atoms with Crippen LogP contribution in [0.5, 0.6) is 0 Å². The second-order valence-electron chi connectivity index (χ2n) is 6.95. The fourth-order valence-corrected chi connectivity index (χ4v) is 2.84. The van der Waals surface area contributed by atoms with Crippen molar-refractivity contribution in [3.8, 4) is 0 Å². The number of aromatic nitrogens is 1. The SMILES string of the molecule is CC(C)(C)OC(=O)N1CCN(c2ccnc3ccc(F)cc23)CC1. The summed E-state index contributed by atoms with van der Waals surface area (Å²) in [6, 6.07) is 6.51. The van der Waals surface area contributed by atoms with Crippen LogP contribution in [-0.2, 0) is 4.74 Å². The molecular formula is C18H22FN3O2. The quantitative estimate of drug-likeness (QED) is 0.803. The van der Waals surface area contributed by atoms with Gasteiger partial charge in [0, 0.05) is 43.4 Å². The van der Waals surface area contributed by atoms with Crippen LogP contribution in [0.4, 0.5) is 14.9 Å². The number of fused-ring (bicyclic) bond motifs is 1. The Balaban J connectivity index is 1.73. The molecule has 1 aromatic carbocycles. The van der Waals surface area contributed by atoms with Gasteiger partial charge in [-0.05, 0) is 45.0 Å². The van der Waals surface area contributed by atoms with E-state index in [1.165, 1.54) is 12.1 Å². The van der Waals surface area contributed by atoms with Crippen molar-refractivity contribution in [2.45, 2.75) is 26.4 Å². The van der Waals surface area contributed by atoms with Gasteiger partial charge in [-0.1, -0.05) is 0 Å². The summed E-state index contributed by atoms with van der Waals surface area (Å²) in [6.07, 6.45) is 1.45. The van der Waals surface area contributed by atoms with Gasteiger partial charge in [0.15, 0.2) is 0 Å². The lowest BCUT2D eigenvalue weighted by molar-refractivity contribution is 0.0240. The number of hydrogen-bond donors (Lipinski definition) is 0. The lowest BCUT2D eigenvalue weighted by Gasteiger charge is -2.37. The van der Waals surface area contributed by atoms with Crippen LogP contribution in [0.2, 0.25) is 0 Å². The van der Waals surface area contributed by atoms with E-state index in [2.05, 4.69) is 9.88 Å². The number of nitrogens with zero attached hydrogens (tertiary/aromatic N) is 3. The summed E-state index contributed by atoms with van der Waals surface area (Å²) in [6.45, 7) is 8.09. The molecule has 128 valence electrons. The highest BCUT2D eigenvalue weighted by Crippen LogP contribution is 2.27. The smallest absolute Gasteiger partial charge is 0.410 e. The number of hydrogen-bond acceptors (Lipinski definition) is 4. The third-order valence-corrected chi connectivity index (χ3v) is 3.95. The van der Waals surface area contributed by atoms with E-state index < -0.39 is 5.60 Å². The summed E-state index contributed by atoms with van der Waals surface area (Å²) in [5, 5.41) is 0.795. The predicted molar refractivity (Wildman–Crippen MR) is 91.7 cm³/mol. The first-order chi connectivity index (χ1) is 11.3. The molecule has 1 aliphatic rings. The summed E-state index contributed by atoms with van der Waals surface area (Å²) in [7, 11) is 0. The Labute approximate surface area is 141 Å². The zero-order chi connectivity index (χ0) is 17.3. The maximum atomic E-state index is 13.6. The van der Waals surface area contributed by atoms with E-state index in [4.69, 9.17) is 4.74 Å². The van der Waals surface area contributed by atoms with E-state index in [-0.39, 0.29) is 11.9 Å². The number of anilines is 1. The van der Waals surface area contributed by atoms with Crippen molar-refractivity contribution in [1.29, 1.82) is 0 Å². The molecule has 0 spiro atoms. The fraction of sp³-hybridized carbons (Fsp3) is 0.444. The van der Waals surface area contributed by atoms with Crippen LogP contribution in [0, 0.1) is 5.82 Å². The van der Waals surface area contributed by atoms with Crippen LogP contribution in [0.15, 0.2) is 30.5 Å². The summed E-state index contributed by atoms with van der Waals surface area (Å²) in [4.78, 5) is 20.3. The van der Waals surface area contributed by atoms with Gasteiger partial charge in [-0.15, -0.1) is 0 Å². The van der Waals surface area contributed by atoms with Crippen LogP contribution in [-0.4, -0.2) is 47.8 Å². The molecule has 1 fully saturated rings. The molecule has 0 bridgehead atoms. The van der Waals surface area contributed by atoms with Gasteiger partial charge in [-0.25, -0.2) is 9.18 Å². The van der Waals surface area contributed by atoms with E-state index in [1.807, 2.05) is 26.8 Å². The molecular weight excluding hydrogens is 309 g/mol. The largest absolute Gasteiger partial charge is 0.444 e. The molecule has 0 saturated carbocycles. The number of carbonyl (C=O) groups excluding carboxylic acids is 1. The summed E-state index contributed by atoms with van der Waals surface area (Å²) in [5.74, 6) is -0.274. The highest BCUT2D eigenvalue weighted by Gasteiger charge is 2.26. The van der Waals surface area contributed by atoms with Crippen molar-refractivity contribution in [2.75, 3.05) is 31.1 Å². The van der Waals surface area contributed by atoms with Gasteiger partial charge >= 0.3 is 6.09 Å². The predicted octanol–water partition coefficient (Wildman–Crippen LogP) is 3.43. The number of rotatable bonds is 1. The van der Waals surface area contributed by atoms with E-state index in [0.29, 0.717) is 26.2 Å². The van der Waals surface area contributed by atoms with Crippen molar-refractivity contribution in [3.05, 3.63) is 36.3 Å². The average Bonchev–Trinajstić information content (AvgIpc) is 2.53. The number of amides is 1. The average molecular weight is 331 g/mol. The molecule has 0 atom stereocenters. The zero-order valence-electron chi connectivity index (χ0n) is 14.3. The zero-order valence-corrected chi connectivity index (χ0v) is 14.3. The molecule has 6 heteroatoms. The lowest BCUT2D eigenvalue weighted by atomic mass is 10.1. The molecule has 0 aliphatic carbocycles. The molecule has 1 saturated heterocycles. The summed E-state index contributed by atoms with van der Waals surface area (Å²) < 4.78 is 19.0. The monoisotopic (exact) mass is 331 g/mol. The topological polar surface area (TPSA) is 45.7 Å². The van der Waals surface area contributed by atoms with Crippen molar-refractivity contribution in [2.24, 2.45) is 0 Å². The molecule has 24 heavy (non-hydrogen) atoms. The highest BCUT2D eigenvalue weighted by molar-refractivity contribution is 5.91. The van der Waals surface area contributed by atoms with Gasteiger partial charge < -0.3 is 14.5 Å². The Kier molecular flexibility index (Phi) is 4.30. The standard InChI is InChI=1S/C18H22FN3O2/c1-18(2,3)24-17(23)22-10-8-21(9-11-22)16-6-7-20-15-5-4-13(19)12-14(15)16/h4-7,12H,8-11H2,1-3H3. The van der Waals surface area contributed by atoms with Crippen molar-refractivity contribution in [1.82, 2.24) is 9.88 Å².